The Morgan fingerprint density at radius 3 is 2.79 bits per heavy atom. The molecule has 108 valence electrons. The van der Waals surface area contributed by atoms with Crippen molar-refractivity contribution in [2.45, 2.75) is 44.6 Å². The highest BCUT2D eigenvalue weighted by Crippen LogP contribution is 2.21. The Balaban J connectivity index is 2.05. The zero-order chi connectivity index (χ0) is 13.9. The molecule has 0 aromatic heterocycles. The number of ether oxygens (including phenoxy) is 1. The first-order valence-corrected chi connectivity index (χ1v) is 7.01. The summed E-state index contributed by atoms with van der Waals surface area (Å²) < 4.78 is 5.38. The van der Waals surface area contributed by atoms with Crippen molar-refractivity contribution in [2.75, 3.05) is 20.1 Å². The molecule has 2 N–H and O–H groups in total. The molecule has 1 rings (SSSR count). The van der Waals surface area contributed by atoms with Gasteiger partial charge in [0.15, 0.2) is 5.96 Å². The maximum absolute atomic E-state index is 11.6. The molecule has 5 heteroatoms. The number of hydrogen-bond donors (Lipinski definition) is 2. The fraction of sp³-hybridized carbons (Fsp3) is 0.714. The predicted octanol–water partition coefficient (Wildman–Crippen LogP) is 1.60. The van der Waals surface area contributed by atoms with E-state index in [0.717, 1.165) is 25.2 Å². The van der Waals surface area contributed by atoms with Crippen LogP contribution in [0.3, 0.4) is 0 Å². The Morgan fingerprint density at radius 2 is 2.16 bits per heavy atom. The van der Waals surface area contributed by atoms with Crippen molar-refractivity contribution in [1.82, 2.24) is 10.6 Å². The van der Waals surface area contributed by atoms with E-state index in [-0.39, 0.29) is 12.1 Å². The first-order chi connectivity index (χ1) is 9.26. The highest BCUT2D eigenvalue weighted by atomic mass is 16.5. The average Bonchev–Trinajstić information content (AvgIpc) is 2.90. The van der Waals surface area contributed by atoms with E-state index in [4.69, 9.17) is 4.74 Å². The lowest BCUT2D eigenvalue weighted by Crippen LogP contribution is -2.37. The van der Waals surface area contributed by atoms with Crippen LogP contribution in [0.2, 0.25) is 0 Å². The Morgan fingerprint density at radius 1 is 1.42 bits per heavy atom. The Kier molecular flexibility index (Phi) is 7.70. The summed E-state index contributed by atoms with van der Waals surface area (Å²) in [6.07, 6.45) is 7.58. The number of nitrogens with zero attached hydrogens (tertiary/aromatic N) is 1. The second kappa shape index (κ2) is 9.42. The molecule has 1 saturated carbocycles. The van der Waals surface area contributed by atoms with Crippen molar-refractivity contribution in [3.8, 4) is 0 Å². The lowest BCUT2D eigenvalue weighted by molar-refractivity contribution is -0.148. The summed E-state index contributed by atoms with van der Waals surface area (Å²) in [6.45, 7) is 5.00. The van der Waals surface area contributed by atoms with Gasteiger partial charge in [0.25, 0.3) is 0 Å². The number of guanidine groups is 1. The van der Waals surface area contributed by atoms with Crippen LogP contribution in [0.1, 0.15) is 38.5 Å². The largest absolute Gasteiger partial charge is 0.462 e. The van der Waals surface area contributed by atoms with Gasteiger partial charge in [-0.25, -0.2) is 0 Å². The maximum Gasteiger partial charge on any atom is 0.306 e. The summed E-state index contributed by atoms with van der Waals surface area (Å²) in [5, 5.41) is 6.21. The van der Waals surface area contributed by atoms with Crippen LogP contribution in [0.25, 0.3) is 0 Å². The fourth-order valence-electron chi connectivity index (χ4n) is 2.08. The molecule has 0 saturated heterocycles. The molecule has 0 aromatic carbocycles. The SMILES string of the molecule is C=CCNC(=NC)NCCCC(=O)OC1CCCC1. The topological polar surface area (TPSA) is 62.7 Å². The van der Waals surface area contributed by atoms with E-state index in [9.17, 15) is 4.79 Å². The molecule has 0 unspecified atom stereocenters. The van der Waals surface area contributed by atoms with Crippen molar-refractivity contribution in [2.24, 2.45) is 4.99 Å². The van der Waals surface area contributed by atoms with Crippen molar-refractivity contribution in [3.05, 3.63) is 12.7 Å². The van der Waals surface area contributed by atoms with Crippen LogP contribution in [0.15, 0.2) is 17.6 Å². The monoisotopic (exact) mass is 267 g/mol. The summed E-state index contributed by atoms with van der Waals surface area (Å²) in [4.78, 5) is 15.6. The molecule has 5 nitrogen and oxygen atoms in total. The van der Waals surface area contributed by atoms with E-state index in [2.05, 4.69) is 22.2 Å². The second-order valence-corrected chi connectivity index (χ2v) is 4.67. The molecule has 0 amide bonds. The number of rotatable bonds is 7. The summed E-state index contributed by atoms with van der Waals surface area (Å²) in [5.41, 5.74) is 0. The summed E-state index contributed by atoms with van der Waals surface area (Å²) in [7, 11) is 1.72. The standard InChI is InChI=1S/C14H25N3O2/c1-3-10-16-14(15-2)17-11-6-9-13(18)19-12-7-4-5-8-12/h3,12H,1,4-11H2,2H3,(H2,15,16,17). The first-order valence-electron chi connectivity index (χ1n) is 7.01. The smallest absolute Gasteiger partial charge is 0.306 e. The molecule has 19 heavy (non-hydrogen) atoms. The molecule has 1 fully saturated rings. The Labute approximate surface area is 115 Å². The maximum atomic E-state index is 11.6. The molecule has 0 spiro atoms. The molecule has 1 aliphatic rings. The summed E-state index contributed by atoms with van der Waals surface area (Å²) in [5.74, 6) is 0.645. The first kappa shape index (κ1) is 15.5. The van der Waals surface area contributed by atoms with E-state index in [1.54, 1.807) is 13.1 Å². The van der Waals surface area contributed by atoms with Crippen LogP contribution in [-0.2, 0) is 9.53 Å². The molecular weight excluding hydrogens is 242 g/mol. The molecule has 0 aliphatic heterocycles. The summed E-state index contributed by atoms with van der Waals surface area (Å²) in [6, 6.07) is 0. The van der Waals surface area contributed by atoms with Crippen LogP contribution in [0.5, 0.6) is 0 Å². The van der Waals surface area contributed by atoms with E-state index in [0.29, 0.717) is 19.5 Å². The molecular formula is C14H25N3O2. The van der Waals surface area contributed by atoms with Gasteiger partial charge in [0, 0.05) is 26.6 Å². The van der Waals surface area contributed by atoms with Crippen LogP contribution in [0, 0.1) is 0 Å². The van der Waals surface area contributed by atoms with Gasteiger partial charge in [0.1, 0.15) is 6.10 Å². The van der Waals surface area contributed by atoms with Crippen LogP contribution < -0.4 is 10.6 Å². The molecule has 0 bridgehead atoms. The third kappa shape index (κ3) is 6.84. The van der Waals surface area contributed by atoms with Crippen LogP contribution >= 0.6 is 0 Å². The van der Waals surface area contributed by atoms with Gasteiger partial charge in [-0.15, -0.1) is 6.58 Å². The van der Waals surface area contributed by atoms with Gasteiger partial charge in [0.05, 0.1) is 0 Å². The molecule has 0 heterocycles. The fourth-order valence-corrected chi connectivity index (χ4v) is 2.08. The van der Waals surface area contributed by atoms with Gasteiger partial charge in [-0.05, 0) is 32.1 Å². The normalized spacial score (nSPS) is 16.2. The number of carbonyl (C=O) groups is 1. The van der Waals surface area contributed by atoms with Crippen molar-refractivity contribution in [3.63, 3.8) is 0 Å². The van der Waals surface area contributed by atoms with Gasteiger partial charge in [-0.2, -0.15) is 0 Å². The molecule has 1 aliphatic carbocycles. The highest BCUT2D eigenvalue weighted by molar-refractivity contribution is 5.79. The molecule has 0 atom stereocenters. The minimum absolute atomic E-state index is 0.0808. The predicted molar refractivity (Wildman–Crippen MR) is 77.1 cm³/mol. The third-order valence-corrected chi connectivity index (χ3v) is 3.09. The third-order valence-electron chi connectivity index (χ3n) is 3.09. The Hall–Kier alpha value is -1.52. The number of aliphatic imine (C=N–C) groups is 1. The van der Waals surface area contributed by atoms with E-state index in [1.165, 1.54) is 12.8 Å². The minimum atomic E-state index is -0.0808. The lowest BCUT2D eigenvalue weighted by Gasteiger charge is -2.12. The lowest BCUT2D eigenvalue weighted by atomic mass is 10.3. The van der Waals surface area contributed by atoms with Gasteiger partial charge < -0.3 is 15.4 Å². The Bertz CT molecular complexity index is 310. The van der Waals surface area contributed by atoms with E-state index in [1.807, 2.05) is 0 Å². The van der Waals surface area contributed by atoms with Gasteiger partial charge in [0.2, 0.25) is 0 Å². The molecule has 0 aromatic rings. The average molecular weight is 267 g/mol. The number of esters is 1. The highest BCUT2D eigenvalue weighted by Gasteiger charge is 2.18. The number of nitrogens with one attached hydrogen (secondary N) is 2. The van der Waals surface area contributed by atoms with Gasteiger partial charge in [-0.3, -0.25) is 9.79 Å². The minimum Gasteiger partial charge on any atom is -0.462 e. The zero-order valence-electron chi connectivity index (χ0n) is 11.8. The van der Waals surface area contributed by atoms with Gasteiger partial charge in [-0.1, -0.05) is 6.08 Å². The quantitative estimate of drug-likeness (QED) is 0.242. The van der Waals surface area contributed by atoms with Crippen LogP contribution in [0.4, 0.5) is 0 Å². The summed E-state index contributed by atoms with van der Waals surface area (Å²) >= 11 is 0. The van der Waals surface area contributed by atoms with Crippen molar-refractivity contribution < 1.29 is 9.53 Å². The number of hydrogen-bond acceptors (Lipinski definition) is 3. The van der Waals surface area contributed by atoms with E-state index >= 15 is 0 Å². The number of carbonyl (C=O) groups excluding carboxylic acids is 1. The zero-order valence-corrected chi connectivity index (χ0v) is 11.8. The van der Waals surface area contributed by atoms with Gasteiger partial charge >= 0.3 is 5.97 Å². The second-order valence-electron chi connectivity index (χ2n) is 4.67. The van der Waals surface area contributed by atoms with Crippen molar-refractivity contribution in [1.29, 1.82) is 0 Å². The van der Waals surface area contributed by atoms with Crippen molar-refractivity contribution >= 4 is 11.9 Å². The van der Waals surface area contributed by atoms with E-state index < -0.39 is 0 Å². The van der Waals surface area contributed by atoms with Crippen LogP contribution in [-0.4, -0.2) is 38.2 Å². The molecule has 0 radical (unpaired) electrons.